The largest absolute Gasteiger partial charge is 0.435 e. The van der Waals surface area contributed by atoms with Crippen molar-refractivity contribution in [2.24, 2.45) is 0 Å². The molecule has 10 heteroatoms. The summed E-state index contributed by atoms with van der Waals surface area (Å²) in [7, 11) is 0. The van der Waals surface area contributed by atoms with E-state index in [1.165, 1.54) is 23.1 Å². The Morgan fingerprint density at radius 2 is 1.48 bits per heavy atom. The lowest BCUT2D eigenvalue weighted by Gasteiger charge is -2.34. The summed E-state index contributed by atoms with van der Waals surface area (Å²) in [5.41, 5.74) is 1.72. The van der Waals surface area contributed by atoms with Gasteiger partial charge in [0, 0.05) is 49.4 Å². The van der Waals surface area contributed by atoms with Gasteiger partial charge in [-0.3, -0.25) is 9.59 Å². The van der Waals surface area contributed by atoms with Gasteiger partial charge in [-0.25, -0.2) is 0 Å². The van der Waals surface area contributed by atoms with Crippen LogP contribution in [0.3, 0.4) is 0 Å². The van der Waals surface area contributed by atoms with Crippen LogP contribution in [0.5, 0.6) is 11.5 Å². The molecule has 0 aliphatic carbocycles. The van der Waals surface area contributed by atoms with Gasteiger partial charge in [-0.2, -0.15) is 17.6 Å². The molecular formula is C23H22F4N2O4. The number of piperazine rings is 1. The maximum Gasteiger partial charge on any atom is 0.387 e. The van der Waals surface area contributed by atoms with E-state index >= 15 is 0 Å². The molecule has 2 aromatic rings. The molecule has 176 valence electrons. The Kier molecular flexibility index (Phi) is 7.92. The summed E-state index contributed by atoms with van der Waals surface area (Å²) in [4.78, 5) is 28.3. The molecule has 1 fully saturated rings. The number of ether oxygens (including phenoxy) is 2. The molecule has 0 atom stereocenters. The van der Waals surface area contributed by atoms with E-state index in [0.717, 1.165) is 17.7 Å². The van der Waals surface area contributed by atoms with E-state index in [9.17, 15) is 27.2 Å². The summed E-state index contributed by atoms with van der Waals surface area (Å²) in [6.07, 6.45) is 2.44. The second kappa shape index (κ2) is 10.8. The van der Waals surface area contributed by atoms with Crippen LogP contribution in [0, 0.1) is 6.92 Å². The number of alkyl halides is 4. The van der Waals surface area contributed by atoms with Crippen molar-refractivity contribution in [3.8, 4) is 11.5 Å². The van der Waals surface area contributed by atoms with Crippen molar-refractivity contribution >= 4 is 17.9 Å². The van der Waals surface area contributed by atoms with Crippen molar-refractivity contribution in [1.29, 1.82) is 0 Å². The lowest BCUT2D eigenvalue weighted by molar-refractivity contribution is -0.127. The van der Waals surface area contributed by atoms with Crippen molar-refractivity contribution in [2.45, 2.75) is 20.1 Å². The molecule has 2 amide bonds. The monoisotopic (exact) mass is 466 g/mol. The van der Waals surface area contributed by atoms with Gasteiger partial charge < -0.3 is 19.3 Å². The number of amides is 2. The molecular weight excluding hydrogens is 444 g/mol. The topological polar surface area (TPSA) is 59.1 Å². The molecule has 1 aliphatic heterocycles. The van der Waals surface area contributed by atoms with Crippen molar-refractivity contribution in [2.75, 3.05) is 26.2 Å². The zero-order chi connectivity index (χ0) is 24.0. The highest BCUT2D eigenvalue weighted by atomic mass is 19.3. The molecule has 0 spiro atoms. The molecule has 1 heterocycles. The van der Waals surface area contributed by atoms with E-state index in [1.54, 1.807) is 17.0 Å². The first-order valence-corrected chi connectivity index (χ1v) is 10.1. The van der Waals surface area contributed by atoms with Crippen LogP contribution in [0.15, 0.2) is 48.5 Å². The van der Waals surface area contributed by atoms with Gasteiger partial charge >= 0.3 is 13.2 Å². The summed E-state index contributed by atoms with van der Waals surface area (Å²) >= 11 is 0. The fourth-order valence-corrected chi connectivity index (χ4v) is 3.30. The Balaban J connectivity index is 1.61. The van der Waals surface area contributed by atoms with Gasteiger partial charge in [-0.15, -0.1) is 0 Å². The van der Waals surface area contributed by atoms with Crippen LogP contribution < -0.4 is 9.47 Å². The van der Waals surface area contributed by atoms with Crippen LogP contribution in [0.1, 0.15) is 21.5 Å². The zero-order valence-corrected chi connectivity index (χ0v) is 17.7. The number of hydrogen-bond donors (Lipinski definition) is 0. The standard InChI is InChI=1S/C23H22F4N2O4/c1-15-2-4-17(5-3-15)21(31)29-12-10-28(11-13-29)20(30)9-7-16-6-8-18(32-22(24)25)14-19(16)33-23(26)27/h2-9,14,22-23H,10-13H2,1H3/b9-7+. The molecule has 0 saturated carbocycles. The average Bonchev–Trinajstić information content (AvgIpc) is 2.78. The Bertz CT molecular complexity index is 1000. The van der Waals surface area contributed by atoms with Gasteiger partial charge in [0.1, 0.15) is 11.5 Å². The number of hydrogen-bond acceptors (Lipinski definition) is 4. The Hall–Kier alpha value is -3.56. The summed E-state index contributed by atoms with van der Waals surface area (Å²) in [5, 5.41) is 0. The number of benzene rings is 2. The summed E-state index contributed by atoms with van der Waals surface area (Å²) in [5.74, 6) is -1.25. The summed E-state index contributed by atoms with van der Waals surface area (Å²) in [6.45, 7) is -3.06. The Morgan fingerprint density at radius 3 is 2.09 bits per heavy atom. The van der Waals surface area contributed by atoms with Gasteiger partial charge in [-0.05, 0) is 37.3 Å². The number of nitrogens with zero attached hydrogens (tertiary/aromatic N) is 2. The van der Waals surface area contributed by atoms with Crippen molar-refractivity contribution < 1.29 is 36.6 Å². The highest BCUT2D eigenvalue weighted by Crippen LogP contribution is 2.28. The molecule has 6 nitrogen and oxygen atoms in total. The highest BCUT2D eigenvalue weighted by Gasteiger charge is 2.24. The zero-order valence-electron chi connectivity index (χ0n) is 17.7. The number of carbonyl (C=O) groups excluding carboxylic acids is 2. The molecule has 1 aliphatic rings. The average molecular weight is 466 g/mol. The molecule has 0 unspecified atom stereocenters. The van der Waals surface area contributed by atoms with E-state index in [1.807, 2.05) is 19.1 Å². The van der Waals surface area contributed by atoms with Crippen LogP contribution in [-0.2, 0) is 4.79 Å². The lowest BCUT2D eigenvalue weighted by atomic mass is 10.1. The van der Waals surface area contributed by atoms with E-state index < -0.39 is 19.0 Å². The number of aryl methyl sites for hydroxylation is 1. The quantitative estimate of drug-likeness (QED) is 0.454. The second-order valence-corrected chi connectivity index (χ2v) is 7.27. The minimum atomic E-state index is -3.19. The molecule has 0 aromatic heterocycles. The first kappa shape index (κ1) is 24.1. The predicted molar refractivity (Wildman–Crippen MR) is 112 cm³/mol. The van der Waals surface area contributed by atoms with Crippen LogP contribution in [0.25, 0.3) is 6.08 Å². The lowest BCUT2D eigenvalue weighted by Crippen LogP contribution is -2.50. The number of carbonyl (C=O) groups is 2. The van der Waals surface area contributed by atoms with Gasteiger partial charge in [0.05, 0.1) is 0 Å². The maximum absolute atomic E-state index is 12.7. The van der Waals surface area contributed by atoms with E-state index in [-0.39, 0.29) is 23.1 Å². The summed E-state index contributed by atoms with van der Waals surface area (Å²) in [6, 6.07) is 10.5. The molecule has 33 heavy (non-hydrogen) atoms. The summed E-state index contributed by atoms with van der Waals surface area (Å²) < 4.78 is 58.6. The van der Waals surface area contributed by atoms with E-state index in [0.29, 0.717) is 31.7 Å². The predicted octanol–water partition coefficient (Wildman–Crippen LogP) is 4.20. The van der Waals surface area contributed by atoms with Crippen LogP contribution in [-0.4, -0.2) is 61.0 Å². The SMILES string of the molecule is Cc1ccc(C(=O)N2CCN(C(=O)/C=C/c3ccc(OC(F)F)cc3OC(F)F)CC2)cc1. The normalized spacial score (nSPS) is 14.3. The van der Waals surface area contributed by atoms with Gasteiger partial charge in [0.15, 0.2) is 0 Å². The van der Waals surface area contributed by atoms with Crippen molar-refractivity contribution in [3.05, 3.63) is 65.2 Å². The van der Waals surface area contributed by atoms with Crippen LogP contribution in [0.4, 0.5) is 17.6 Å². The van der Waals surface area contributed by atoms with Gasteiger partial charge in [-0.1, -0.05) is 17.7 Å². The Morgan fingerprint density at radius 1 is 0.879 bits per heavy atom. The van der Waals surface area contributed by atoms with Gasteiger partial charge in [0.25, 0.3) is 5.91 Å². The van der Waals surface area contributed by atoms with Crippen LogP contribution in [0.2, 0.25) is 0 Å². The molecule has 0 radical (unpaired) electrons. The molecule has 0 N–H and O–H groups in total. The van der Waals surface area contributed by atoms with Crippen molar-refractivity contribution in [3.63, 3.8) is 0 Å². The first-order chi connectivity index (χ1) is 15.7. The van der Waals surface area contributed by atoms with Crippen molar-refractivity contribution in [1.82, 2.24) is 9.80 Å². The van der Waals surface area contributed by atoms with E-state index in [4.69, 9.17) is 0 Å². The third kappa shape index (κ3) is 6.71. The van der Waals surface area contributed by atoms with Crippen LogP contribution >= 0.6 is 0 Å². The molecule has 3 rings (SSSR count). The second-order valence-electron chi connectivity index (χ2n) is 7.27. The Labute approximate surface area is 188 Å². The fourth-order valence-electron chi connectivity index (χ4n) is 3.30. The smallest absolute Gasteiger partial charge is 0.387 e. The number of halogens is 4. The molecule has 2 aromatic carbocycles. The minimum absolute atomic E-state index is 0.0958. The first-order valence-electron chi connectivity index (χ1n) is 10.1. The van der Waals surface area contributed by atoms with E-state index in [2.05, 4.69) is 9.47 Å². The highest BCUT2D eigenvalue weighted by molar-refractivity contribution is 5.95. The van der Waals surface area contributed by atoms with Gasteiger partial charge in [0.2, 0.25) is 5.91 Å². The number of rotatable bonds is 7. The molecule has 0 bridgehead atoms. The molecule has 1 saturated heterocycles. The third-order valence-electron chi connectivity index (χ3n) is 5.01. The maximum atomic E-state index is 12.7. The fraction of sp³-hybridized carbons (Fsp3) is 0.304. The minimum Gasteiger partial charge on any atom is -0.435 e. The third-order valence-corrected chi connectivity index (χ3v) is 5.01.